The molecule has 0 radical (unpaired) electrons. The zero-order valence-electron chi connectivity index (χ0n) is 10.5. The van der Waals surface area contributed by atoms with Gasteiger partial charge in [0.25, 0.3) is 0 Å². The molecule has 0 amide bonds. The van der Waals surface area contributed by atoms with E-state index in [1.54, 1.807) is 0 Å². The van der Waals surface area contributed by atoms with Crippen LogP contribution in [0.3, 0.4) is 0 Å². The Kier molecular flexibility index (Phi) is 3.62. The molecular formula is C12H8F3NO4S. The van der Waals surface area contributed by atoms with Crippen LogP contribution in [0, 0.1) is 0 Å². The summed E-state index contributed by atoms with van der Waals surface area (Å²) in [5.41, 5.74) is -5.40. The van der Waals surface area contributed by atoms with E-state index < -0.39 is 21.4 Å². The lowest BCUT2D eigenvalue weighted by molar-refractivity contribution is -0.0500. The second kappa shape index (κ2) is 4.99. The van der Waals surface area contributed by atoms with Crippen LogP contribution in [0.25, 0.3) is 10.8 Å². The Morgan fingerprint density at radius 1 is 1.19 bits per heavy atom. The van der Waals surface area contributed by atoms with E-state index in [1.807, 2.05) is 0 Å². The number of nitrogens with zero attached hydrogens (tertiary/aromatic N) is 1. The van der Waals surface area contributed by atoms with Crippen LogP contribution in [0.2, 0.25) is 0 Å². The van der Waals surface area contributed by atoms with Crippen LogP contribution in [0.4, 0.5) is 13.2 Å². The summed E-state index contributed by atoms with van der Waals surface area (Å²) in [4.78, 5) is 15.1. The van der Waals surface area contributed by atoms with E-state index in [-0.39, 0.29) is 11.5 Å². The molecule has 0 atom stereocenters. The Hall–Kier alpha value is -2.16. The van der Waals surface area contributed by atoms with Crippen LogP contribution in [0.5, 0.6) is 5.75 Å². The lowest BCUT2D eigenvalue weighted by Gasteiger charge is -2.10. The van der Waals surface area contributed by atoms with Gasteiger partial charge in [0.2, 0.25) is 0 Å². The quantitative estimate of drug-likeness (QED) is 0.494. The van der Waals surface area contributed by atoms with E-state index in [0.29, 0.717) is 10.8 Å². The molecule has 0 fully saturated rings. The molecule has 0 unspecified atom stereocenters. The normalized spacial score (nSPS) is 12.4. The number of aromatic nitrogens is 1. The predicted octanol–water partition coefficient (Wildman–Crippen LogP) is 2.67. The zero-order valence-corrected chi connectivity index (χ0v) is 11.3. The number of benzene rings is 1. The molecular weight excluding hydrogens is 311 g/mol. The van der Waals surface area contributed by atoms with Gasteiger partial charge in [0.1, 0.15) is 11.4 Å². The van der Waals surface area contributed by atoms with Crippen molar-refractivity contribution in [3.05, 3.63) is 36.2 Å². The van der Waals surface area contributed by atoms with Gasteiger partial charge in [0.15, 0.2) is 5.78 Å². The Labute approximate surface area is 117 Å². The SMILES string of the molecule is CC(=O)c1cc2cc(OS(=O)(=O)C(F)(F)F)ccc2cn1. The van der Waals surface area contributed by atoms with Crippen LogP contribution < -0.4 is 4.18 Å². The predicted molar refractivity (Wildman–Crippen MR) is 67.4 cm³/mol. The van der Waals surface area contributed by atoms with Gasteiger partial charge in [-0.2, -0.15) is 21.6 Å². The van der Waals surface area contributed by atoms with E-state index in [9.17, 15) is 26.4 Å². The largest absolute Gasteiger partial charge is 0.534 e. The Bertz CT molecular complexity index is 815. The highest BCUT2D eigenvalue weighted by atomic mass is 32.2. The molecule has 0 saturated heterocycles. The highest BCUT2D eigenvalue weighted by molar-refractivity contribution is 7.88. The molecule has 2 aromatic rings. The number of carbonyl (C=O) groups excluding carboxylic acids is 1. The summed E-state index contributed by atoms with van der Waals surface area (Å²) in [5, 5.41) is 0.863. The molecule has 0 aliphatic carbocycles. The maximum absolute atomic E-state index is 12.2. The highest BCUT2D eigenvalue weighted by Gasteiger charge is 2.48. The monoisotopic (exact) mass is 319 g/mol. The van der Waals surface area contributed by atoms with Crippen molar-refractivity contribution >= 4 is 26.7 Å². The third-order valence-electron chi connectivity index (χ3n) is 2.54. The first-order chi connectivity index (χ1) is 9.60. The van der Waals surface area contributed by atoms with Crippen molar-refractivity contribution in [3.8, 4) is 5.75 Å². The van der Waals surface area contributed by atoms with Gasteiger partial charge in [-0.1, -0.05) is 0 Å². The number of halogens is 3. The fourth-order valence-electron chi connectivity index (χ4n) is 1.54. The summed E-state index contributed by atoms with van der Waals surface area (Å²) in [6.07, 6.45) is 1.36. The average molecular weight is 319 g/mol. The molecule has 1 aromatic carbocycles. The van der Waals surface area contributed by atoms with Gasteiger partial charge in [0, 0.05) is 18.5 Å². The number of ketones is 1. The maximum Gasteiger partial charge on any atom is 0.534 e. The van der Waals surface area contributed by atoms with E-state index >= 15 is 0 Å². The number of fused-ring (bicyclic) bond motifs is 1. The summed E-state index contributed by atoms with van der Waals surface area (Å²) in [6.45, 7) is 1.28. The third-order valence-corrected chi connectivity index (χ3v) is 3.52. The van der Waals surface area contributed by atoms with Crippen molar-refractivity contribution in [1.29, 1.82) is 0 Å². The van der Waals surface area contributed by atoms with E-state index in [0.717, 1.165) is 12.1 Å². The van der Waals surface area contributed by atoms with E-state index in [4.69, 9.17) is 0 Å². The highest BCUT2D eigenvalue weighted by Crippen LogP contribution is 2.28. The molecule has 0 saturated carbocycles. The van der Waals surface area contributed by atoms with Crippen molar-refractivity contribution in [2.45, 2.75) is 12.4 Å². The van der Waals surface area contributed by atoms with Crippen LogP contribution >= 0.6 is 0 Å². The Morgan fingerprint density at radius 2 is 1.86 bits per heavy atom. The van der Waals surface area contributed by atoms with Gasteiger partial charge in [-0.25, -0.2) is 0 Å². The summed E-state index contributed by atoms with van der Waals surface area (Å²) < 4.78 is 62.6. The van der Waals surface area contributed by atoms with Crippen LogP contribution in [-0.2, 0) is 10.1 Å². The van der Waals surface area contributed by atoms with E-state index in [2.05, 4.69) is 9.17 Å². The average Bonchev–Trinajstić information content (AvgIpc) is 2.36. The minimum Gasteiger partial charge on any atom is -0.376 e. The minimum absolute atomic E-state index is 0.110. The molecule has 0 aliphatic rings. The van der Waals surface area contributed by atoms with Crippen LogP contribution in [0.1, 0.15) is 17.4 Å². The summed E-state index contributed by atoms with van der Waals surface area (Å²) in [7, 11) is -5.73. The first-order valence-corrected chi connectivity index (χ1v) is 6.92. The number of hydrogen-bond acceptors (Lipinski definition) is 5. The second-order valence-corrected chi connectivity index (χ2v) is 5.66. The number of alkyl halides is 3. The molecule has 0 N–H and O–H groups in total. The molecule has 9 heteroatoms. The van der Waals surface area contributed by atoms with Crippen LogP contribution in [-0.4, -0.2) is 24.7 Å². The molecule has 1 aromatic heterocycles. The fraction of sp³-hybridized carbons (Fsp3) is 0.167. The summed E-state index contributed by atoms with van der Waals surface area (Å²) in [5.74, 6) is -0.827. The Morgan fingerprint density at radius 3 is 2.43 bits per heavy atom. The first kappa shape index (κ1) is 15.2. The van der Waals surface area contributed by atoms with Crippen molar-refractivity contribution < 1.29 is 30.6 Å². The third kappa shape index (κ3) is 3.13. The van der Waals surface area contributed by atoms with Crippen molar-refractivity contribution in [2.75, 3.05) is 0 Å². The van der Waals surface area contributed by atoms with Gasteiger partial charge in [-0.15, -0.1) is 0 Å². The number of rotatable bonds is 3. The lowest BCUT2D eigenvalue weighted by Crippen LogP contribution is -2.28. The van der Waals surface area contributed by atoms with Gasteiger partial charge in [-0.05, 0) is 29.7 Å². The van der Waals surface area contributed by atoms with Crippen molar-refractivity contribution in [3.63, 3.8) is 0 Å². The van der Waals surface area contributed by atoms with Gasteiger partial charge >= 0.3 is 15.6 Å². The second-order valence-electron chi connectivity index (χ2n) is 4.12. The van der Waals surface area contributed by atoms with Crippen molar-refractivity contribution in [1.82, 2.24) is 4.98 Å². The Balaban J connectivity index is 2.45. The first-order valence-electron chi connectivity index (χ1n) is 5.52. The lowest BCUT2D eigenvalue weighted by atomic mass is 10.1. The summed E-state index contributed by atoms with van der Waals surface area (Å²) in [6, 6.07) is 4.84. The smallest absolute Gasteiger partial charge is 0.376 e. The van der Waals surface area contributed by atoms with Gasteiger partial charge < -0.3 is 4.18 Å². The van der Waals surface area contributed by atoms with Gasteiger partial charge in [-0.3, -0.25) is 9.78 Å². The molecule has 0 aliphatic heterocycles. The maximum atomic E-state index is 12.2. The molecule has 21 heavy (non-hydrogen) atoms. The van der Waals surface area contributed by atoms with Crippen molar-refractivity contribution in [2.24, 2.45) is 0 Å². The molecule has 112 valence electrons. The van der Waals surface area contributed by atoms with Crippen LogP contribution in [0.15, 0.2) is 30.5 Å². The molecule has 5 nitrogen and oxygen atoms in total. The molecule has 0 bridgehead atoms. The number of hydrogen-bond donors (Lipinski definition) is 0. The zero-order chi connectivity index (χ0) is 15.8. The van der Waals surface area contributed by atoms with E-state index in [1.165, 1.54) is 25.3 Å². The standard InChI is InChI=1S/C12H8F3NO4S/c1-7(17)11-5-9-4-10(3-2-8(9)6-16-11)20-21(18,19)12(13,14)15/h2-6H,1H3. The number of pyridine rings is 1. The minimum atomic E-state index is -5.73. The fourth-order valence-corrected chi connectivity index (χ4v) is 1.99. The number of carbonyl (C=O) groups is 1. The topological polar surface area (TPSA) is 73.3 Å². The summed E-state index contributed by atoms with van der Waals surface area (Å²) >= 11 is 0. The van der Waals surface area contributed by atoms with Gasteiger partial charge in [0.05, 0.1) is 0 Å². The number of Topliss-reactive ketones (excluding diaryl/α,β-unsaturated/α-hetero) is 1. The molecule has 2 rings (SSSR count). The molecule has 1 heterocycles. The molecule has 0 spiro atoms.